The van der Waals surface area contributed by atoms with Gasteiger partial charge in [0, 0.05) is 9.30 Å². The van der Waals surface area contributed by atoms with Gasteiger partial charge in [0.1, 0.15) is 0 Å². The topological polar surface area (TPSA) is 0 Å². The van der Waals surface area contributed by atoms with Gasteiger partial charge >= 0.3 is 0 Å². The second-order valence-electron chi connectivity index (χ2n) is 4.55. The monoisotopic (exact) mass is 394 g/mol. The van der Waals surface area contributed by atoms with Crippen molar-refractivity contribution in [2.24, 2.45) is 0 Å². The molecule has 0 aliphatic carbocycles. The van der Waals surface area contributed by atoms with Crippen molar-refractivity contribution < 1.29 is 0 Å². The third-order valence-electron chi connectivity index (χ3n) is 3.18. The Kier molecular flexibility index (Phi) is 4.06. The van der Waals surface area contributed by atoms with Crippen LogP contribution in [0.2, 0.25) is 0 Å². The van der Waals surface area contributed by atoms with E-state index < -0.39 is 0 Å². The van der Waals surface area contributed by atoms with Crippen LogP contribution in [0, 0.1) is 0 Å². The summed E-state index contributed by atoms with van der Waals surface area (Å²) < 4.78 is 1.13. The highest BCUT2D eigenvalue weighted by Gasteiger charge is 2.09. The van der Waals surface area contributed by atoms with Crippen molar-refractivity contribution >= 4 is 54.0 Å². The summed E-state index contributed by atoms with van der Waals surface area (Å²) in [4.78, 5) is 0.371. The normalized spacial score (nSPS) is 12.7. The summed E-state index contributed by atoms with van der Waals surface area (Å²) in [5, 5.41) is 6.91. The molecule has 3 rings (SSSR count). The molecule has 0 nitrogen and oxygen atoms in total. The molecule has 1 heterocycles. The molecule has 19 heavy (non-hydrogen) atoms. The molecular formula is C16H12Br2S. The summed E-state index contributed by atoms with van der Waals surface area (Å²) in [6.45, 7) is 0. The third kappa shape index (κ3) is 3.10. The molecule has 0 N–H and O–H groups in total. The maximum atomic E-state index is 3.80. The van der Waals surface area contributed by atoms with Crippen LogP contribution in [0.4, 0.5) is 0 Å². The average molecular weight is 396 g/mol. The molecule has 1 unspecified atom stereocenters. The predicted octanol–water partition coefficient (Wildman–Crippen LogP) is 6.34. The Morgan fingerprint density at radius 3 is 2.58 bits per heavy atom. The van der Waals surface area contributed by atoms with Crippen LogP contribution < -0.4 is 0 Å². The smallest absolute Gasteiger partial charge is 0.0436 e. The molecule has 0 saturated carbocycles. The summed E-state index contributed by atoms with van der Waals surface area (Å²) in [7, 11) is 0. The van der Waals surface area contributed by atoms with Crippen LogP contribution in [0.1, 0.15) is 16.0 Å². The van der Waals surface area contributed by atoms with Crippen molar-refractivity contribution in [1.29, 1.82) is 0 Å². The van der Waals surface area contributed by atoms with Gasteiger partial charge in [-0.25, -0.2) is 0 Å². The van der Waals surface area contributed by atoms with Crippen molar-refractivity contribution in [3.63, 3.8) is 0 Å². The van der Waals surface area contributed by atoms with E-state index in [9.17, 15) is 0 Å². The summed E-state index contributed by atoms with van der Waals surface area (Å²) in [5.41, 5.74) is 2.73. The van der Waals surface area contributed by atoms with E-state index in [0.717, 1.165) is 10.9 Å². The van der Waals surface area contributed by atoms with Crippen molar-refractivity contribution in [2.45, 2.75) is 11.2 Å². The zero-order valence-corrected chi connectivity index (χ0v) is 14.1. The molecule has 1 aromatic heterocycles. The Labute approximate surface area is 133 Å². The Bertz CT molecular complexity index is 689. The minimum atomic E-state index is 0.371. The lowest BCUT2D eigenvalue weighted by atomic mass is 10.0. The lowest BCUT2D eigenvalue weighted by molar-refractivity contribution is 0.956. The number of alkyl halides is 1. The van der Waals surface area contributed by atoms with Crippen LogP contribution in [0.5, 0.6) is 0 Å². The Morgan fingerprint density at radius 2 is 1.79 bits per heavy atom. The molecule has 96 valence electrons. The minimum Gasteiger partial charge on any atom is -0.152 e. The molecular weight excluding hydrogens is 384 g/mol. The van der Waals surface area contributed by atoms with E-state index in [0.29, 0.717) is 4.83 Å². The van der Waals surface area contributed by atoms with Gasteiger partial charge in [-0.15, -0.1) is 0 Å². The fourth-order valence-electron chi connectivity index (χ4n) is 2.16. The predicted molar refractivity (Wildman–Crippen MR) is 91.3 cm³/mol. The first-order valence-electron chi connectivity index (χ1n) is 6.07. The number of thiophene rings is 1. The summed E-state index contributed by atoms with van der Waals surface area (Å²) in [6, 6.07) is 15.3. The molecule has 2 aromatic carbocycles. The first kappa shape index (κ1) is 13.3. The lowest BCUT2D eigenvalue weighted by Crippen LogP contribution is -1.94. The SMILES string of the molecule is Brc1ccc2cc(C(Br)Cc3ccsc3)ccc2c1. The van der Waals surface area contributed by atoms with E-state index in [4.69, 9.17) is 0 Å². The van der Waals surface area contributed by atoms with Crippen molar-refractivity contribution in [1.82, 2.24) is 0 Å². The average Bonchev–Trinajstić information content (AvgIpc) is 2.91. The van der Waals surface area contributed by atoms with E-state index in [2.05, 4.69) is 85.1 Å². The molecule has 0 bridgehead atoms. The van der Waals surface area contributed by atoms with Crippen molar-refractivity contribution in [3.8, 4) is 0 Å². The molecule has 3 heteroatoms. The number of hydrogen-bond acceptors (Lipinski definition) is 1. The first-order valence-corrected chi connectivity index (χ1v) is 8.72. The minimum absolute atomic E-state index is 0.371. The quantitative estimate of drug-likeness (QED) is 0.453. The largest absolute Gasteiger partial charge is 0.152 e. The molecule has 1 atom stereocenters. The standard InChI is InChI=1S/C16H12Br2S/c17-15-4-3-12-8-14(2-1-13(12)9-15)16(18)7-11-5-6-19-10-11/h1-6,8-10,16H,7H2. The van der Waals surface area contributed by atoms with Gasteiger partial charge in [0.2, 0.25) is 0 Å². The second-order valence-corrected chi connectivity index (χ2v) is 7.36. The highest BCUT2D eigenvalue weighted by Crippen LogP contribution is 2.30. The fraction of sp³-hybridized carbons (Fsp3) is 0.125. The van der Waals surface area contributed by atoms with Crippen LogP contribution in [-0.4, -0.2) is 0 Å². The van der Waals surface area contributed by atoms with Gasteiger partial charge < -0.3 is 0 Å². The molecule has 0 spiro atoms. The molecule has 0 aliphatic heterocycles. The van der Waals surface area contributed by atoms with Gasteiger partial charge in [0.25, 0.3) is 0 Å². The third-order valence-corrected chi connectivity index (χ3v) is 5.26. The van der Waals surface area contributed by atoms with Crippen molar-refractivity contribution in [3.05, 3.63) is 68.8 Å². The Hall–Kier alpha value is -0.640. The van der Waals surface area contributed by atoms with E-state index in [1.54, 1.807) is 11.3 Å². The van der Waals surface area contributed by atoms with Gasteiger partial charge in [-0.05, 0) is 57.3 Å². The molecule has 0 amide bonds. The van der Waals surface area contributed by atoms with Gasteiger partial charge in [-0.1, -0.05) is 56.1 Å². The van der Waals surface area contributed by atoms with Crippen molar-refractivity contribution in [2.75, 3.05) is 0 Å². The van der Waals surface area contributed by atoms with Gasteiger partial charge in [0.15, 0.2) is 0 Å². The second kappa shape index (κ2) is 5.78. The number of rotatable bonds is 3. The van der Waals surface area contributed by atoms with Crippen LogP contribution in [0.15, 0.2) is 57.7 Å². The Morgan fingerprint density at radius 1 is 1.00 bits per heavy atom. The van der Waals surface area contributed by atoms with E-state index in [1.807, 2.05) is 0 Å². The van der Waals surface area contributed by atoms with Crippen LogP contribution >= 0.6 is 43.2 Å². The maximum absolute atomic E-state index is 3.80. The van der Waals surface area contributed by atoms with Crippen LogP contribution in [0.25, 0.3) is 10.8 Å². The van der Waals surface area contributed by atoms with Gasteiger partial charge in [0.05, 0.1) is 0 Å². The fourth-order valence-corrected chi connectivity index (χ4v) is 3.88. The van der Waals surface area contributed by atoms with E-state index >= 15 is 0 Å². The molecule has 0 radical (unpaired) electrons. The number of fused-ring (bicyclic) bond motifs is 1. The number of benzene rings is 2. The highest BCUT2D eigenvalue weighted by atomic mass is 79.9. The zero-order valence-electron chi connectivity index (χ0n) is 10.1. The van der Waals surface area contributed by atoms with Gasteiger partial charge in [-0.3, -0.25) is 0 Å². The van der Waals surface area contributed by atoms with Crippen LogP contribution in [0.3, 0.4) is 0 Å². The summed E-state index contributed by atoms with van der Waals surface area (Å²) >= 11 is 9.07. The molecule has 0 aliphatic rings. The summed E-state index contributed by atoms with van der Waals surface area (Å²) in [5.74, 6) is 0. The summed E-state index contributed by atoms with van der Waals surface area (Å²) in [6.07, 6.45) is 1.03. The zero-order chi connectivity index (χ0) is 13.2. The number of hydrogen-bond donors (Lipinski definition) is 0. The van der Waals surface area contributed by atoms with Gasteiger partial charge in [-0.2, -0.15) is 11.3 Å². The molecule has 0 fully saturated rings. The maximum Gasteiger partial charge on any atom is 0.0436 e. The molecule has 0 saturated heterocycles. The highest BCUT2D eigenvalue weighted by molar-refractivity contribution is 9.10. The van der Waals surface area contributed by atoms with E-state index in [1.165, 1.54) is 21.9 Å². The van der Waals surface area contributed by atoms with E-state index in [-0.39, 0.29) is 0 Å². The first-order chi connectivity index (χ1) is 9.22. The lowest BCUT2D eigenvalue weighted by Gasteiger charge is -2.10. The Balaban J connectivity index is 1.90. The van der Waals surface area contributed by atoms with Crippen LogP contribution in [-0.2, 0) is 6.42 Å². The number of halogens is 2. The molecule has 3 aromatic rings.